The minimum Gasteiger partial charge on any atom is -0.482 e. The first-order chi connectivity index (χ1) is 15.3. The molecule has 1 fully saturated rings. The number of amides is 1. The van der Waals surface area contributed by atoms with Crippen LogP contribution in [0, 0.1) is 17.1 Å². The van der Waals surface area contributed by atoms with Crippen LogP contribution >= 0.6 is 0 Å². The lowest BCUT2D eigenvalue weighted by Gasteiger charge is -2.27. The molecular weight excluding hydrogens is 411 g/mol. The van der Waals surface area contributed by atoms with Gasteiger partial charge in [0.2, 0.25) is 0 Å². The number of fused-ring (bicyclic) bond motifs is 3. The molecule has 0 spiro atoms. The van der Waals surface area contributed by atoms with Gasteiger partial charge in [-0.3, -0.25) is 9.79 Å². The second kappa shape index (κ2) is 8.30. The second-order valence-corrected chi connectivity index (χ2v) is 7.85. The zero-order valence-corrected chi connectivity index (χ0v) is 17.8. The van der Waals surface area contributed by atoms with Crippen LogP contribution < -0.4 is 16.2 Å². The predicted molar refractivity (Wildman–Crippen MR) is 118 cm³/mol. The highest BCUT2D eigenvalue weighted by molar-refractivity contribution is 6.32. The third-order valence-corrected chi connectivity index (χ3v) is 5.63. The van der Waals surface area contributed by atoms with E-state index in [0.717, 1.165) is 12.8 Å². The van der Waals surface area contributed by atoms with Crippen molar-refractivity contribution in [3.05, 3.63) is 58.7 Å². The molecule has 164 valence electrons. The molecule has 2 heterocycles. The van der Waals surface area contributed by atoms with Crippen molar-refractivity contribution in [2.24, 2.45) is 10.7 Å². The van der Waals surface area contributed by atoms with Gasteiger partial charge in [0.15, 0.2) is 11.6 Å². The first-order valence-electron chi connectivity index (χ1n) is 10.2. The molecule has 1 aromatic heterocycles. The number of nitriles is 1. The standard InChI is InChI=1S/C23H23FN6O2/c1-12-17-8-14(24)3-6-16(17)23(31)30(15-4-5-15)11-18(26)21(19(9-25)28-2)13-7-20(32-12)22(27)29-10-13/h3,6-8,10,12,15H,4-5,11,26H2,1-2H3,(H2,27,29)/b21-18-,28-19?. The molecule has 1 unspecified atom stereocenters. The number of pyridine rings is 1. The number of rotatable bonds is 2. The highest BCUT2D eigenvalue weighted by Gasteiger charge is 2.36. The van der Waals surface area contributed by atoms with E-state index < -0.39 is 11.9 Å². The van der Waals surface area contributed by atoms with E-state index in [1.807, 2.05) is 0 Å². The van der Waals surface area contributed by atoms with Gasteiger partial charge in [-0.1, -0.05) is 0 Å². The van der Waals surface area contributed by atoms with E-state index in [2.05, 4.69) is 16.0 Å². The Bertz CT molecular complexity index is 1200. The number of carbonyl (C=O) groups is 1. The van der Waals surface area contributed by atoms with Crippen LogP contribution in [-0.2, 0) is 0 Å². The van der Waals surface area contributed by atoms with Gasteiger partial charge in [0, 0.05) is 47.2 Å². The summed E-state index contributed by atoms with van der Waals surface area (Å²) in [6.07, 6.45) is 2.49. The van der Waals surface area contributed by atoms with Gasteiger partial charge in [-0.15, -0.1) is 0 Å². The Morgan fingerprint density at radius 2 is 2.09 bits per heavy atom. The lowest BCUT2D eigenvalue weighted by molar-refractivity contribution is 0.0753. The molecule has 1 atom stereocenters. The van der Waals surface area contributed by atoms with E-state index in [-0.39, 0.29) is 35.8 Å². The third-order valence-electron chi connectivity index (χ3n) is 5.63. The Morgan fingerprint density at radius 3 is 2.75 bits per heavy atom. The number of nitrogens with zero attached hydrogens (tertiary/aromatic N) is 4. The van der Waals surface area contributed by atoms with Crippen LogP contribution in [0.1, 0.15) is 47.4 Å². The van der Waals surface area contributed by atoms with Crippen molar-refractivity contribution < 1.29 is 13.9 Å². The minimum absolute atomic E-state index is 0.0172. The SMILES string of the molecule is CN=C(C#N)/C1=C(\N)CN(C2CC2)C(=O)c2ccc(F)cc2C(C)Oc2cc1cnc2N. The van der Waals surface area contributed by atoms with Crippen molar-refractivity contribution in [1.82, 2.24) is 9.88 Å². The summed E-state index contributed by atoms with van der Waals surface area (Å²) in [5, 5.41) is 9.65. The van der Waals surface area contributed by atoms with Crippen LogP contribution in [0.5, 0.6) is 5.75 Å². The Labute approximate surface area is 185 Å². The first kappa shape index (κ1) is 21.3. The van der Waals surface area contributed by atoms with Crippen LogP contribution in [0.15, 0.2) is 41.2 Å². The van der Waals surface area contributed by atoms with Gasteiger partial charge in [-0.25, -0.2) is 9.37 Å². The summed E-state index contributed by atoms with van der Waals surface area (Å²) in [5.74, 6) is -0.402. The Hall–Kier alpha value is -3.93. The number of carbonyl (C=O) groups excluding carboxylic acids is 1. The summed E-state index contributed by atoms with van der Waals surface area (Å²) in [5.41, 5.74) is 14.5. The molecule has 1 aliphatic carbocycles. The van der Waals surface area contributed by atoms with Crippen molar-refractivity contribution in [3.8, 4) is 11.8 Å². The monoisotopic (exact) mass is 434 g/mol. The number of halogens is 1. The summed E-state index contributed by atoms with van der Waals surface area (Å²) in [4.78, 5) is 23.5. The van der Waals surface area contributed by atoms with Crippen LogP contribution in [0.4, 0.5) is 10.2 Å². The summed E-state index contributed by atoms with van der Waals surface area (Å²) in [7, 11) is 1.49. The fourth-order valence-corrected chi connectivity index (χ4v) is 3.87. The van der Waals surface area contributed by atoms with Crippen molar-refractivity contribution in [3.63, 3.8) is 0 Å². The molecule has 4 N–H and O–H groups in total. The number of benzene rings is 1. The molecule has 1 aromatic carbocycles. The third kappa shape index (κ3) is 3.87. The molecule has 0 saturated heterocycles. The van der Waals surface area contributed by atoms with Gasteiger partial charge in [0.25, 0.3) is 5.91 Å². The van der Waals surface area contributed by atoms with E-state index in [4.69, 9.17) is 16.2 Å². The Balaban J connectivity index is 1.97. The van der Waals surface area contributed by atoms with E-state index in [9.17, 15) is 14.4 Å². The number of nitrogens with two attached hydrogens (primary N) is 2. The highest BCUT2D eigenvalue weighted by atomic mass is 19.1. The molecule has 4 rings (SSSR count). The van der Waals surface area contributed by atoms with Crippen LogP contribution in [0.3, 0.4) is 0 Å². The number of nitrogen functional groups attached to an aromatic ring is 1. The smallest absolute Gasteiger partial charge is 0.254 e. The first-order valence-corrected chi connectivity index (χ1v) is 10.2. The molecule has 1 amide bonds. The van der Waals surface area contributed by atoms with Crippen LogP contribution in [-0.4, -0.2) is 41.1 Å². The summed E-state index contributed by atoms with van der Waals surface area (Å²) in [6.45, 7) is 1.80. The number of allylic oxidation sites excluding steroid dienone is 1. The van der Waals surface area contributed by atoms with Gasteiger partial charge >= 0.3 is 0 Å². The van der Waals surface area contributed by atoms with Crippen molar-refractivity contribution in [1.29, 1.82) is 5.26 Å². The maximum absolute atomic E-state index is 14.1. The van der Waals surface area contributed by atoms with Crippen molar-refractivity contribution >= 4 is 23.0 Å². The maximum atomic E-state index is 14.1. The topological polar surface area (TPSA) is 131 Å². The minimum atomic E-state index is -0.690. The average molecular weight is 434 g/mol. The molecular formula is C23H23FN6O2. The molecule has 1 aliphatic heterocycles. The Kier molecular flexibility index (Phi) is 5.53. The molecule has 8 nitrogen and oxygen atoms in total. The lowest BCUT2D eigenvalue weighted by atomic mass is 9.98. The highest BCUT2D eigenvalue weighted by Crippen LogP contribution is 2.35. The van der Waals surface area contributed by atoms with Gasteiger partial charge in [0.05, 0.1) is 6.54 Å². The second-order valence-electron chi connectivity index (χ2n) is 7.85. The largest absolute Gasteiger partial charge is 0.482 e. The number of anilines is 1. The van der Waals surface area contributed by atoms with Gasteiger partial charge < -0.3 is 21.1 Å². The van der Waals surface area contributed by atoms with E-state index in [1.54, 1.807) is 17.9 Å². The van der Waals surface area contributed by atoms with Gasteiger partial charge in [-0.05, 0) is 44.0 Å². The molecule has 2 aliphatic rings. The lowest BCUT2D eigenvalue weighted by Crippen LogP contribution is -2.38. The van der Waals surface area contributed by atoms with E-state index in [0.29, 0.717) is 28.0 Å². The molecule has 2 bridgehead atoms. The predicted octanol–water partition coefficient (Wildman–Crippen LogP) is 2.83. The Morgan fingerprint density at radius 1 is 1.34 bits per heavy atom. The summed E-state index contributed by atoms with van der Waals surface area (Å²) >= 11 is 0. The molecule has 9 heteroatoms. The van der Waals surface area contributed by atoms with Crippen molar-refractivity contribution in [2.45, 2.75) is 31.9 Å². The number of hydrogen-bond donors (Lipinski definition) is 2. The fourth-order valence-electron chi connectivity index (χ4n) is 3.87. The van der Waals surface area contributed by atoms with E-state index >= 15 is 0 Å². The zero-order valence-electron chi connectivity index (χ0n) is 17.8. The van der Waals surface area contributed by atoms with Crippen LogP contribution in [0.25, 0.3) is 5.57 Å². The number of ether oxygens (including phenoxy) is 1. The van der Waals surface area contributed by atoms with Gasteiger partial charge in [0.1, 0.15) is 23.7 Å². The normalized spacial score (nSPS) is 21.7. The van der Waals surface area contributed by atoms with Crippen molar-refractivity contribution in [2.75, 3.05) is 19.3 Å². The molecule has 2 aromatic rings. The average Bonchev–Trinajstić information content (AvgIpc) is 3.61. The number of aromatic nitrogens is 1. The molecule has 32 heavy (non-hydrogen) atoms. The summed E-state index contributed by atoms with van der Waals surface area (Å²) < 4.78 is 20.1. The van der Waals surface area contributed by atoms with E-state index in [1.165, 1.54) is 31.4 Å². The fraction of sp³-hybridized carbons (Fsp3) is 0.304. The number of hydrogen-bond acceptors (Lipinski definition) is 7. The molecule has 0 radical (unpaired) electrons. The van der Waals surface area contributed by atoms with Gasteiger partial charge in [-0.2, -0.15) is 5.26 Å². The van der Waals surface area contributed by atoms with Crippen LogP contribution in [0.2, 0.25) is 0 Å². The quantitative estimate of drug-likeness (QED) is 0.699. The molecule has 1 saturated carbocycles. The number of aliphatic imine (C=N–C) groups is 1. The maximum Gasteiger partial charge on any atom is 0.254 e. The summed E-state index contributed by atoms with van der Waals surface area (Å²) in [6, 6.07) is 7.71. The zero-order chi connectivity index (χ0) is 23.0.